The van der Waals surface area contributed by atoms with Crippen LogP contribution in [0.15, 0.2) is 83.9 Å². The Kier molecular flexibility index (Phi) is 37.6. The van der Waals surface area contributed by atoms with Gasteiger partial charge in [0.25, 0.3) is 0 Å². The van der Waals surface area contributed by atoms with Gasteiger partial charge < -0.3 is 9.47 Å². The molecule has 544 valence electrons. The first-order valence-corrected chi connectivity index (χ1v) is 45.2. The maximum Gasteiger partial charge on any atom is 0.348 e. The zero-order valence-electron chi connectivity index (χ0n) is 62.2. The number of nitriles is 2. The van der Waals surface area contributed by atoms with Crippen LogP contribution in [0.4, 0.5) is 0 Å². The van der Waals surface area contributed by atoms with Crippen LogP contribution in [0.1, 0.15) is 305 Å². The van der Waals surface area contributed by atoms with Gasteiger partial charge in [-0.3, -0.25) is 0 Å². The van der Waals surface area contributed by atoms with E-state index in [1.54, 1.807) is 34.8 Å². The Morgan fingerprint density at radius 1 is 0.317 bits per heavy atom. The maximum atomic E-state index is 13.4. The van der Waals surface area contributed by atoms with Gasteiger partial charge in [0.2, 0.25) is 0 Å². The Hall–Kier alpha value is -5.22. The number of hydrogen-bond donors (Lipinski definition) is 0. The molecule has 7 heterocycles. The van der Waals surface area contributed by atoms with E-state index in [4.69, 9.17) is 9.47 Å². The quantitative estimate of drug-likeness (QED) is 0.0163. The topological polar surface area (TPSA) is 100 Å². The third-order valence-electron chi connectivity index (χ3n) is 19.4. The highest BCUT2D eigenvalue weighted by Crippen LogP contribution is 2.54. The van der Waals surface area contributed by atoms with Gasteiger partial charge in [0.1, 0.15) is 23.3 Å². The standard InChI is InChI=1S/C88H116N2O4S7/c1-7-13-19-25-31-37-45-65-57-71(59-69(63-89)87(91)93-55-43-35-29-23-17-11-5)95-81(65)75-51-53-77(97-75)83-67(47-39-33-27-21-15-9-3)61-79(99-83)85-73-49-41-42-50-74(73)86(101-85)80-62-68(48-40-34-28-22-16-10-4)84(100-80)78-54-52-76(98-78)82-66(46-38-32-26-20-14-8-2)58-72(96-82)60-70(64-90)88(92)94-56-44-36-30-24-18-12-6/h41-42,49-54,57-62H,7-40,43-48,55-56H2,1-6H3/b69-59+,70-60+. The van der Waals surface area contributed by atoms with Crippen LogP contribution in [0.2, 0.25) is 0 Å². The van der Waals surface area contributed by atoms with Crippen LogP contribution in [-0.2, 0) is 44.7 Å². The highest BCUT2D eigenvalue weighted by molar-refractivity contribution is 7.32. The number of nitrogens with zero attached hydrogens (tertiary/aromatic N) is 2. The van der Waals surface area contributed by atoms with Crippen molar-refractivity contribution in [2.75, 3.05) is 13.2 Å². The Balaban J connectivity index is 1.13. The average Bonchev–Trinajstić information content (AvgIpc) is 1.61. The molecule has 8 aromatic rings. The zero-order chi connectivity index (χ0) is 71.2. The van der Waals surface area contributed by atoms with Gasteiger partial charge >= 0.3 is 11.9 Å². The molecule has 0 N–H and O–H groups in total. The second-order valence-corrected chi connectivity index (χ2v) is 35.2. The van der Waals surface area contributed by atoms with Gasteiger partial charge in [0.15, 0.2) is 0 Å². The smallest absolute Gasteiger partial charge is 0.348 e. The van der Waals surface area contributed by atoms with Gasteiger partial charge in [-0.15, -0.1) is 79.4 Å². The summed E-state index contributed by atoms with van der Waals surface area (Å²) < 4.78 is 11.4. The van der Waals surface area contributed by atoms with Crippen LogP contribution < -0.4 is 0 Å². The van der Waals surface area contributed by atoms with Gasteiger partial charge in [0.05, 0.1) is 23.0 Å². The molecule has 0 bridgehead atoms. The van der Waals surface area contributed by atoms with Crippen LogP contribution in [0.3, 0.4) is 0 Å². The average molecular weight is 1490 g/mol. The van der Waals surface area contributed by atoms with Crippen molar-refractivity contribution in [3.05, 3.63) is 116 Å². The number of carbonyl (C=O) groups excluding carboxylic acids is 2. The van der Waals surface area contributed by atoms with E-state index in [9.17, 15) is 20.1 Å². The van der Waals surface area contributed by atoms with Crippen LogP contribution in [0.25, 0.3) is 81.5 Å². The van der Waals surface area contributed by atoms with E-state index in [-0.39, 0.29) is 11.1 Å². The summed E-state index contributed by atoms with van der Waals surface area (Å²) in [4.78, 5) is 44.3. The second-order valence-electron chi connectivity index (χ2n) is 27.8. The predicted molar refractivity (Wildman–Crippen MR) is 446 cm³/mol. The van der Waals surface area contributed by atoms with E-state index in [0.29, 0.717) is 13.2 Å². The lowest BCUT2D eigenvalue weighted by atomic mass is 10.0. The monoisotopic (exact) mass is 1490 g/mol. The summed E-state index contributed by atoms with van der Waals surface area (Å²) in [6.45, 7) is 14.3. The fourth-order valence-corrected chi connectivity index (χ4v) is 22.3. The molecule has 8 rings (SSSR count). The Morgan fingerprint density at radius 2 is 0.594 bits per heavy atom. The summed E-state index contributed by atoms with van der Waals surface area (Å²) in [5, 5.41) is 23.2. The van der Waals surface area contributed by atoms with E-state index in [1.807, 2.05) is 56.7 Å². The van der Waals surface area contributed by atoms with Crippen molar-refractivity contribution in [3.63, 3.8) is 0 Å². The molecule has 0 spiro atoms. The summed E-state index contributed by atoms with van der Waals surface area (Å²) in [5.41, 5.74) is 5.62. The second kappa shape index (κ2) is 46.6. The number of thiophene rings is 7. The summed E-state index contributed by atoms with van der Waals surface area (Å²) >= 11 is 13.1. The lowest BCUT2D eigenvalue weighted by molar-refractivity contribution is -0.139. The van der Waals surface area contributed by atoms with Crippen molar-refractivity contribution in [2.45, 2.75) is 298 Å². The van der Waals surface area contributed by atoms with Crippen molar-refractivity contribution in [2.24, 2.45) is 0 Å². The third kappa shape index (κ3) is 25.8. The number of esters is 2. The lowest BCUT2D eigenvalue weighted by Gasteiger charge is -2.04. The number of fused-ring (bicyclic) bond motifs is 1. The van der Waals surface area contributed by atoms with E-state index in [0.717, 1.165) is 86.8 Å². The van der Waals surface area contributed by atoms with Crippen LogP contribution in [0.5, 0.6) is 0 Å². The predicted octanol–water partition coefficient (Wildman–Crippen LogP) is 30.5. The highest BCUT2D eigenvalue weighted by atomic mass is 32.1. The number of rotatable bonds is 52. The van der Waals surface area contributed by atoms with Crippen molar-refractivity contribution in [3.8, 4) is 70.7 Å². The normalized spacial score (nSPS) is 11.9. The van der Waals surface area contributed by atoms with Crippen molar-refractivity contribution >= 4 is 114 Å². The molecule has 0 fully saturated rings. The maximum absolute atomic E-state index is 13.4. The van der Waals surface area contributed by atoms with E-state index in [1.165, 1.54) is 271 Å². The summed E-state index contributed by atoms with van der Waals surface area (Å²) in [7, 11) is 0. The molecule has 0 saturated carbocycles. The van der Waals surface area contributed by atoms with Crippen molar-refractivity contribution < 1.29 is 19.1 Å². The first-order valence-electron chi connectivity index (χ1n) is 39.5. The fraction of sp³-hybridized carbons (Fsp3) is 0.545. The minimum absolute atomic E-state index is 0.0699. The molecule has 0 atom stereocenters. The van der Waals surface area contributed by atoms with Gasteiger partial charge in [-0.25, -0.2) is 9.59 Å². The molecule has 0 saturated heterocycles. The molecule has 0 aliphatic heterocycles. The lowest BCUT2D eigenvalue weighted by Crippen LogP contribution is -2.07. The number of aryl methyl sites for hydroxylation is 4. The fourth-order valence-electron chi connectivity index (χ4n) is 13.5. The van der Waals surface area contributed by atoms with Crippen LogP contribution in [-0.4, -0.2) is 25.2 Å². The number of unbranched alkanes of at least 4 members (excludes halogenated alkanes) is 30. The molecule has 6 nitrogen and oxygen atoms in total. The molecular weight excluding hydrogens is 1370 g/mol. The van der Waals surface area contributed by atoms with E-state index >= 15 is 0 Å². The molecule has 101 heavy (non-hydrogen) atoms. The molecule has 7 aromatic heterocycles. The summed E-state index contributed by atoms with van der Waals surface area (Å²) in [6.07, 6.45) is 50.5. The highest BCUT2D eigenvalue weighted by Gasteiger charge is 2.25. The number of benzene rings is 1. The Bertz CT molecular complexity index is 3640. The van der Waals surface area contributed by atoms with Gasteiger partial charge in [0, 0.05) is 69.3 Å². The zero-order valence-corrected chi connectivity index (χ0v) is 67.9. The number of ether oxygens (including phenoxy) is 2. The molecule has 0 aliphatic carbocycles. The van der Waals surface area contributed by atoms with Crippen molar-refractivity contribution in [1.29, 1.82) is 10.5 Å². The van der Waals surface area contributed by atoms with Gasteiger partial charge in [-0.05, 0) is 147 Å². The summed E-state index contributed by atoms with van der Waals surface area (Å²) in [5.74, 6) is -1.05. The SMILES string of the molecule is CCCCCCCCOC(=O)/C(C#N)=C/c1cc(CCCCCCCC)c(-c2ccc(-c3sc(-c4sc(-c5cc(CCCCCCCC)c(-c6ccc(-c7sc(/C=C(\C#N)C(=O)OCCCCCCCC)cc7CCCCCCCC)s6)s5)c5ccccc45)cc3CCCCCCCC)s2)s1. The third-order valence-corrected chi connectivity index (χ3v) is 28.4. The van der Waals surface area contributed by atoms with Gasteiger partial charge in [-0.1, -0.05) is 258 Å². The van der Waals surface area contributed by atoms with Gasteiger partial charge in [-0.2, -0.15) is 10.5 Å². The van der Waals surface area contributed by atoms with Crippen LogP contribution >= 0.6 is 79.4 Å². The first-order chi connectivity index (χ1) is 49.6. The minimum atomic E-state index is -0.523. The Morgan fingerprint density at radius 3 is 0.901 bits per heavy atom. The molecule has 1 aromatic carbocycles. The first kappa shape index (κ1) is 81.4. The molecule has 0 unspecified atom stereocenters. The molecular formula is C88H116N2O4S7. The minimum Gasteiger partial charge on any atom is -0.462 e. The van der Waals surface area contributed by atoms with E-state index < -0.39 is 11.9 Å². The Labute approximate surface area is 636 Å². The molecule has 0 amide bonds. The number of hydrogen-bond acceptors (Lipinski definition) is 13. The molecule has 13 heteroatoms. The number of carbonyl (C=O) groups is 2. The molecule has 0 aliphatic rings. The van der Waals surface area contributed by atoms with E-state index in [2.05, 4.69) is 126 Å². The largest absolute Gasteiger partial charge is 0.462 e. The van der Waals surface area contributed by atoms with Crippen molar-refractivity contribution in [1.82, 2.24) is 0 Å². The van der Waals surface area contributed by atoms with Crippen LogP contribution in [0, 0.1) is 22.7 Å². The molecule has 0 radical (unpaired) electrons. The summed E-state index contributed by atoms with van der Waals surface area (Å²) in [6, 6.07) is 32.5.